The Morgan fingerprint density at radius 2 is 1.95 bits per heavy atom. The van der Waals surface area contributed by atoms with E-state index in [1.807, 2.05) is 24.3 Å². The van der Waals surface area contributed by atoms with Crippen molar-refractivity contribution in [2.45, 2.75) is 6.42 Å². The van der Waals surface area contributed by atoms with Gasteiger partial charge in [0.15, 0.2) is 0 Å². The Labute approximate surface area is 126 Å². The normalized spacial score (nSPS) is 10.1. The van der Waals surface area contributed by atoms with Gasteiger partial charge in [-0.25, -0.2) is 0 Å². The summed E-state index contributed by atoms with van der Waals surface area (Å²) in [7, 11) is 1.59. The number of halogens is 1. The second kappa shape index (κ2) is 6.43. The summed E-state index contributed by atoms with van der Waals surface area (Å²) in [5.74, 6) is 0.595. The van der Waals surface area contributed by atoms with Crippen molar-refractivity contribution in [1.82, 2.24) is 0 Å². The van der Waals surface area contributed by atoms with E-state index in [4.69, 9.17) is 10.5 Å². The highest BCUT2D eigenvalue weighted by Crippen LogP contribution is 2.24. The second-order valence-corrected chi connectivity index (χ2v) is 5.26. The SMILES string of the molecule is COc1cc(Br)cc(NC(=O)Cc2ccc(N)cc2)c1. The van der Waals surface area contributed by atoms with E-state index in [2.05, 4.69) is 21.2 Å². The number of nitrogens with one attached hydrogen (secondary N) is 1. The minimum absolute atomic E-state index is 0.0880. The summed E-state index contributed by atoms with van der Waals surface area (Å²) in [6.45, 7) is 0. The first-order valence-corrected chi connectivity index (χ1v) is 6.85. The standard InChI is InChI=1S/C15H15BrN2O2/c1-20-14-8-11(16)7-13(9-14)18-15(19)6-10-2-4-12(17)5-3-10/h2-5,7-9H,6,17H2,1H3,(H,18,19). The minimum atomic E-state index is -0.0880. The van der Waals surface area contributed by atoms with Crippen molar-refractivity contribution in [2.24, 2.45) is 0 Å². The van der Waals surface area contributed by atoms with E-state index < -0.39 is 0 Å². The highest BCUT2D eigenvalue weighted by molar-refractivity contribution is 9.10. The molecule has 2 aromatic carbocycles. The number of nitrogens with two attached hydrogens (primary N) is 1. The van der Waals surface area contributed by atoms with Crippen molar-refractivity contribution < 1.29 is 9.53 Å². The van der Waals surface area contributed by atoms with Gasteiger partial charge in [-0.3, -0.25) is 4.79 Å². The Morgan fingerprint density at radius 3 is 2.60 bits per heavy atom. The van der Waals surface area contributed by atoms with E-state index in [0.717, 1.165) is 10.0 Å². The lowest BCUT2D eigenvalue weighted by atomic mass is 10.1. The molecule has 0 spiro atoms. The molecule has 1 amide bonds. The molecule has 0 heterocycles. The number of carbonyl (C=O) groups excluding carboxylic acids is 1. The molecule has 2 rings (SSSR count). The first-order chi connectivity index (χ1) is 9.56. The number of ether oxygens (including phenoxy) is 1. The summed E-state index contributed by atoms with van der Waals surface area (Å²) in [5.41, 5.74) is 7.90. The van der Waals surface area contributed by atoms with E-state index in [1.165, 1.54) is 0 Å². The second-order valence-electron chi connectivity index (χ2n) is 4.35. The Balaban J connectivity index is 2.04. The average Bonchev–Trinajstić information content (AvgIpc) is 2.40. The molecule has 0 fully saturated rings. The molecule has 0 aromatic heterocycles. The summed E-state index contributed by atoms with van der Waals surface area (Å²) >= 11 is 3.37. The van der Waals surface area contributed by atoms with Crippen LogP contribution in [0.4, 0.5) is 11.4 Å². The number of nitrogen functional groups attached to an aromatic ring is 1. The van der Waals surface area contributed by atoms with E-state index in [9.17, 15) is 4.79 Å². The van der Waals surface area contributed by atoms with Gasteiger partial charge in [0.05, 0.1) is 13.5 Å². The topological polar surface area (TPSA) is 64.3 Å². The minimum Gasteiger partial charge on any atom is -0.497 e. The summed E-state index contributed by atoms with van der Waals surface area (Å²) in [5, 5.41) is 2.84. The molecule has 0 saturated carbocycles. The van der Waals surface area contributed by atoms with Crippen LogP contribution in [0.25, 0.3) is 0 Å². The van der Waals surface area contributed by atoms with Crippen LogP contribution < -0.4 is 15.8 Å². The Hall–Kier alpha value is -2.01. The van der Waals surface area contributed by atoms with Gasteiger partial charge in [-0.05, 0) is 29.8 Å². The van der Waals surface area contributed by atoms with Gasteiger partial charge in [-0.15, -0.1) is 0 Å². The summed E-state index contributed by atoms with van der Waals surface area (Å²) in [6, 6.07) is 12.7. The smallest absolute Gasteiger partial charge is 0.228 e. The molecule has 4 nitrogen and oxygen atoms in total. The van der Waals surface area contributed by atoms with Crippen LogP contribution in [0.5, 0.6) is 5.75 Å². The van der Waals surface area contributed by atoms with Gasteiger partial charge < -0.3 is 15.8 Å². The number of rotatable bonds is 4. The molecule has 2 aromatic rings. The monoisotopic (exact) mass is 334 g/mol. The number of methoxy groups -OCH3 is 1. The van der Waals surface area contributed by atoms with Crippen LogP contribution >= 0.6 is 15.9 Å². The van der Waals surface area contributed by atoms with Crippen molar-refractivity contribution in [2.75, 3.05) is 18.2 Å². The lowest BCUT2D eigenvalue weighted by molar-refractivity contribution is -0.115. The molecule has 0 atom stereocenters. The zero-order chi connectivity index (χ0) is 14.5. The predicted octanol–water partition coefficient (Wildman–Crippen LogP) is 3.22. The van der Waals surface area contributed by atoms with Crippen LogP contribution in [0.2, 0.25) is 0 Å². The third kappa shape index (κ3) is 3.99. The zero-order valence-corrected chi connectivity index (χ0v) is 12.6. The van der Waals surface area contributed by atoms with Crippen molar-refractivity contribution in [3.05, 3.63) is 52.5 Å². The molecular weight excluding hydrogens is 320 g/mol. The van der Waals surface area contributed by atoms with Gasteiger partial charge in [0.1, 0.15) is 5.75 Å². The molecule has 0 aliphatic heterocycles. The highest BCUT2D eigenvalue weighted by atomic mass is 79.9. The molecule has 20 heavy (non-hydrogen) atoms. The van der Waals surface area contributed by atoms with Gasteiger partial charge in [-0.2, -0.15) is 0 Å². The molecule has 104 valence electrons. The fourth-order valence-electron chi connectivity index (χ4n) is 1.78. The van der Waals surface area contributed by atoms with Crippen LogP contribution in [-0.4, -0.2) is 13.0 Å². The quantitative estimate of drug-likeness (QED) is 0.843. The van der Waals surface area contributed by atoms with E-state index in [1.54, 1.807) is 25.3 Å². The van der Waals surface area contributed by atoms with Crippen LogP contribution in [-0.2, 0) is 11.2 Å². The third-order valence-corrected chi connectivity index (χ3v) is 3.19. The predicted molar refractivity (Wildman–Crippen MR) is 83.9 cm³/mol. The summed E-state index contributed by atoms with van der Waals surface area (Å²) in [6.07, 6.45) is 0.301. The van der Waals surface area contributed by atoms with Gasteiger partial charge in [0.2, 0.25) is 5.91 Å². The Kier molecular flexibility index (Phi) is 4.63. The fourth-order valence-corrected chi connectivity index (χ4v) is 2.25. The zero-order valence-electron chi connectivity index (χ0n) is 11.0. The van der Waals surface area contributed by atoms with E-state index in [0.29, 0.717) is 23.5 Å². The molecule has 0 bridgehead atoms. The summed E-state index contributed by atoms with van der Waals surface area (Å²) in [4.78, 5) is 12.0. The molecule has 5 heteroatoms. The molecule has 0 aliphatic carbocycles. The number of benzene rings is 2. The fraction of sp³-hybridized carbons (Fsp3) is 0.133. The molecule has 3 N–H and O–H groups in total. The first kappa shape index (κ1) is 14.4. The number of amides is 1. The lowest BCUT2D eigenvalue weighted by Crippen LogP contribution is -2.14. The van der Waals surface area contributed by atoms with Crippen LogP contribution in [0, 0.1) is 0 Å². The van der Waals surface area contributed by atoms with Crippen molar-refractivity contribution in [3.8, 4) is 5.75 Å². The maximum atomic E-state index is 12.0. The lowest BCUT2D eigenvalue weighted by Gasteiger charge is -2.08. The van der Waals surface area contributed by atoms with Gasteiger partial charge >= 0.3 is 0 Å². The molecular formula is C15H15BrN2O2. The Morgan fingerprint density at radius 1 is 1.25 bits per heavy atom. The average molecular weight is 335 g/mol. The molecule has 0 unspecified atom stereocenters. The van der Waals surface area contributed by atoms with Crippen molar-refractivity contribution in [3.63, 3.8) is 0 Å². The van der Waals surface area contributed by atoms with Crippen LogP contribution in [0.15, 0.2) is 46.9 Å². The van der Waals surface area contributed by atoms with Gasteiger partial charge in [0.25, 0.3) is 0 Å². The molecule has 0 radical (unpaired) electrons. The number of hydrogen-bond donors (Lipinski definition) is 2. The number of carbonyl (C=O) groups is 1. The van der Waals surface area contributed by atoms with Crippen LogP contribution in [0.3, 0.4) is 0 Å². The van der Waals surface area contributed by atoms with Crippen molar-refractivity contribution in [1.29, 1.82) is 0 Å². The Bertz CT molecular complexity index is 612. The van der Waals surface area contributed by atoms with Crippen molar-refractivity contribution >= 4 is 33.2 Å². The highest BCUT2D eigenvalue weighted by Gasteiger charge is 2.06. The van der Waals surface area contributed by atoms with Crippen LogP contribution in [0.1, 0.15) is 5.56 Å². The van der Waals surface area contributed by atoms with Gasteiger partial charge in [-0.1, -0.05) is 28.1 Å². The number of anilines is 2. The maximum absolute atomic E-state index is 12.0. The van der Waals surface area contributed by atoms with E-state index in [-0.39, 0.29) is 5.91 Å². The number of hydrogen-bond acceptors (Lipinski definition) is 3. The van der Waals surface area contributed by atoms with E-state index >= 15 is 0 Å². The maximum Gasteiger partial charge on any atom is 0.228 e. The third-order valence-electron chi connectivity index (χ3n) is 2.74. The largest absolute Gasteiger partial charge is 0.497 e. The first-order valence-electron chi connectivity index (χ1n) is 6.05. The molecule has 0 saturated heterocycles. The molecule has 0 aliphatic rings. The summed E-state index contributed by atoms with van der Waals surface area (Å²) < 4.78 is 6.00. The van der Waals surface area contributed by atoms with Gasteiger partial charge in [0, 0.05) is 21.9 Å².